The largest absolute Gasteiger partial charge is 0.303 e. The molecule has 2 heterocycles. The van der Waals surface area contributed by atoms with Crippen LogP contribution in [-0.4, -0.2) is 20.2 Å². The molecule has 0 aliphatic rings. The number of carbonyl (C=O) groups is 1. The summed E-state index contributed by atoms with van der Waals surface area (Å²) in [6.45, 7) is 1.50. The Bertz CT molecular complexity index is 433. The van der Waals surface area contributed by atoms with E-state index in [4.69, 9.17) is 0 Å². The van der Waals surface area contributed by atoms with Crippen molar-refractivity contribution < 1.29 is 4.79 Å². The van der Waals surface area contributed by atoms with Gasteiger partial charge in [0.1, 0.15) is 5.69 Å². The predicted octanol–water partition coefficient (Wildman–Crippen LogP) is 0.932. The summed E-state index contributed by atoms with van der Waals surface area (Å²) in [5, 5.41) is 0. The maximum atomic E-state index is 11.1. The van der Waals surface area contributed by atoms with Crippen molar-refractivity contribution in [3.63, 3.8) is 0 Å². The molecule has 2 aromatic heterocycles. The van der Waals surface area contributed by atoms with E-state index in [1.807, 2.05) is 0 Å². The molecule has 0 bridgehead atoms. The molecule has 4 nitrogen and oxygen atoms in total. The van der Waals surface area contributed by atoms with E-state index in [2.05, 4.69) is 9.97 Å². The van der Waals surface area contributed by atoms with Gasteiger partial charge in [-0.25, -0.2) is 9.97 Å². The van der Waals surface area contributed by atoms with Crippen LogP contribution in [0.2, 0.25) is 0 Å². The van der Waals surface area contributed by atoms with E-state index < -0.39 is 0 Å². The molecule has 4 heteroatoms. The summed E-state index contributed by atoms with van der Waals surface area (Å²) in [4.78, 5) is 18.9. The van der Waals surface area contributed by atoms with Crippen LogP contribution in [-0.2, 0) is 0 Å². The van der Waals surface area contributed by atoms with Gasteiger partial charge >= 0.3 is 0 Å². The van der Waals surface area contributed by atoms with Crippen LogP contribution in [0.1, 0.15) is 17.4 Å². The van der Waals surface area contributed by atoms with Crippen LogP contribution in [0.3, 0.4) is 0 Å². The molecule has 0 radical (unpaired) electrons. The van der Waals surface area contributed by atoms with Crippen molar-refractivity contribution in [1.82, 2.24) is 14.4 Å². The highest BCUT2D eigenvalue weighted by molar-refractivity contribution is 5.98. The van der Waals surface area contributed by atoms with Crippen LogP contribution < -0.4 is 0 Å². The van der Waals surface area contributed by atoms with E-state index in [1.165, 1.54) is 6.92 Å². The first-order valence-corrected chi connectivity index (χ1v) is 3.56. The number of nitrogens with zero attached hydrogens (tertiary/aromatic N) is 3. The Hall–Kier alpha value is -1.71. The number of hydrogen-bond donors (Lipinski definition) is 0. The molecule has 0 aliphatic heterocycles. The number of rotatable bonds is 1. The van der Waals surface area contributed by atoms with Crippen molar-refractivity contribution >= 4 is 11.3 Å². The Morgan fingerprint density at radius 1 is 1.58 bits per heavy atom. The van der Waals surface area contributed by atoms with Gasteiger partial charge in [0.15, 0.2) is 5.78 Å². The average Bonchev–Trinajstić information content (AvgIpc) is 2.49. The first kappa shape index (κ1) is 6.97. The fraction of sp³-hybridized carbons (Fsp3) is 0.125. The first-order valence-electron chi connectivity index (χ1n) is 3.56. The quantitative estimate of drug-likeness (QED) is 0.584. The third-order valence-electron chi connectivity index (χ3n) is 1.67. The highest BCUT2D eigenvalue weighted by atomic mass is 16.1. The lowest BCUT2D eigenvalue weighted by Crippen LogP contribution is -1.99. The normalized spacial score (nSPS) is 10.4. The molecule has 0 N–H and O–H groups in total. The zero-order chi connectivity index (χ0) is 8.55. The predicted molar refractivity (Wildman–Crippen MR) is 43.0 cm³/mol. The van der Waals surface area contributed by atoms with E-state index >= 15 is 0 Å². The van der Waals surface area contributed by atoms with E-state index in [0.29, 0.717) is 5.69 Å². The second-order valence-corrected chi connectivity index (χ2v) is 2.52. The highest BCUT2D eigenvalue weighted by Gasteiger charge is 2.06. The molecule has 0 saturated heterocycles. The maximum Gasteiger partial charge on any atom is 0.180 e. The van der Waals surface area contributed by atoms with Crippen molar-refractivity contribution in [2.45, 2.75) is 6.92 Å². The van der Waals surface area contributed by atoms with Crippen LogP contribution in [0.5, 0.6) is 0 Å². The van der Waals surface area contributed by atoms with Crippen LogP contribution >= 0.6 is 0 Å². The van der Waals surface area contributed by atoms with Crippen molar-refractivity contribution in [1.29, 1.82) is 0 Å². The lowest BCUT2D eigenvalue weighted by atomic mass is 10.3. The molecular weight excluding hydrogens is 154 g/mol. The summed E-state index contributed by atoms with van der Waals surface area (Å²) in [5.41, 5.74) is 1.22. The molecule has 0 atom stereocenters. The summed E-state index contributed by atoms with van der Waals surface area (Å²) in [6.07, 6.45) is 6.62. The molecule has 0 spiro atoms. The van der Waals surface area contributed by atoms with E-state index in [0.717, 1.165) is 5.52 Å². The number of fused-ring (bicyclic) bond motifs is 1. The number of carbonyl (C=O) groups excluding carboxylic acids is 1. The van der Waals surface area contributed by atoms with Gasteiger partial charge in [0.05, 0.1) is 18.0 Å². The first-order chi connectivity index (χ1) is 5.79. The highest BCUT2D eigenvalue weighted by Crippen LogP contribution is 2.06. The number of ketones is 1. The third kappa shape index (κ3) is 0.887. The minimum atomic E-state index is -0.0406. The van der Waals surface area contributed by atoms with Gasteiger partial charge < -0.3 is 4.40 Å². The Morgan fingerprint density at radius 3 is 3.17 bits per heavy atom. The van der Waals surface area contributed by atoms with Crippen molar-refractivity contribution in [2.75, 3.05) is 0 Å². The Labute approximate surface area is 68.9 Å². The molecule has 0 saturated carbocycles. The van der Waals surface area contributed by atoms with E-state index in [1.54, 1.807) is 29.3 Å². The lowest BCUT2D eigenvalue weighted by molar-refractivity contribution is 0.101. The molecular formula is C8H7N3O. The number of hydrogen-bond acceptors (Lipinski definition) is 3. The van der Waals surface area contributed by atoms with Crippen LogP contribution in [0.4, 0.5) is 0 Å². The summed E-state index contributed by atoms with van der Waals surface area (Å²) >= 11 is 0. The fourth-order valence-corrected chi connectivity index (χ4v) is 1.12. The summed E-state index contributed by atoms with van der Waals surface area (Å²) < 4.78 is 1.77. The second-order valence-electron chi connectivity index (χ2n) is 2.52. The SMILES string of the molecule is CC(=O)c1nccn2cncc12. The lowest BCUT2D eigenvalue weighted by Gasteiger charge is -1.96. The summed E-state index contributed by atoms with van der Waals surface area (Å²) in [7, 11) is 0. The number of aromatic nitrogens is 3. The molecule has 60 valence electrons. The van der Waals surface area contributed by atoms with Gasteiger partial charge in [-0.05, 0) is 0 Å². The molecule has 0 unspecified atom stereocenters. The van der Waals surface area contributed by atoms with Gasteiger partial charge in [-0.15, -0.1) is 0 Å². The fourth-order valence-electron chi connectivity index (χ4n) is 1.12. The standard InChI is InChI=1S/C8H7N3O/c1-6(12)8-7-4-9-5-11(7)3-2-10-8/h2-5H,1H3. The van der Waals surface area contributed by atoms with Gasteiger partial charge in [0, 0.05) is 19.3 Å². The van der Waals surface area contributed by atoms with Gasteiger partial charge in [-0.3, -0.25) is 4.79 Å². The number of imidazole rings is 1. The Balaban J connectivity index is 2.82. The van der Waals surface area contributed by atoms with E-state index in [-0.39, 0.29) is 5.78 Å². The zero-order valence-corrected chi connectivity index (χ0v) is 6.56. The molecule has 0 aliphatic carbocycles. The molecule has 0 aromatic carbocycles. The molecule has 2 aromatic rings. The number of Topliss-reactive ketones (excluding diaryl/α,β-unsaturated/α-hetero) is 1. The van der Waals surface area contributed by atoms with Gasteiger partial charge in [0.2, 0.25) is 0 Å². The topological polar surface area (TPSA) is 47.3 Å². The second kappa shape index (κ2) is 2.41. The Kier molecular flexibility index (Phi) is 1.40. The van der Waals surface area contributed by atoms with Gasteiger partial charge in [-0.2, -0.15) is 0 Å². The van der Waals surface area contributed by atoms with Gasteiger partial charge in [0.25, 0.3) is 0 Å². The monoisotopic (exact) mass is 161 g/mol. The smallest absolute Gasteiger partial charge is 0.180 e. The van der Waals surface area contributed by atoms with E-state index in [9.17, 15) is 4.79 Å². The average molecular weight is 161 g/mol. The zero-order valence-electron chi connectivity index (χ0n) is 6.56. The third-order valence-corrected chi connectivity index (χ3v) is 1.67. The van der Waals surface area contributed by atoms with Crippen LogP contribution in [0, 0.1) is 0 Å². The molecule has 12 heavy (non-hydrogen) atoms. The van der Waals surface area contributed by atoms with Crippen molar-refractivity contribution in [3.05, 3.63) is 30.6 Å². The van der Waals surface area contributed by atoms with Crippen LogP contribution in [0.15, 0.2) is 24.9 Å². The maximum absolute atomic E-state index is 11.1. The van der Waals surface area contributed by atoms with Crippen molar-refractivity contribution in [3.8, 4) is 0 Å². The molecule has 2 rings (SSSR count). The van der Waals surface area contributed by atoms with Crippen molar-refractivity contribution in [2.24, 2.45) is 0 Å². The summed E-state index contributed by atoms with van der Waals surface area (Å²) in [6, 6.07) is 0. The molecule has 0 amide bonds. The summed E-state index contributed by atoms with van der Waals surface area (Å²) in [5.74, 6) is -0.0406. The minimum absolute atomic E-state index is 0.0406. The molecule has 0 fully saturated rings. The van der Waals surface area contributed by atoms with Gasteiger partial charge in [-0.1, -0.05) is 0 Å². The van der Waals surface area contributed by atoms with Crippen LogP contribution in [0.25, 0.3) is 5.52 Å². The minimum Gasteiger partial charge on any atom is -0.303 e. The Morgan fingerprint density at radius 2 is 2.42 bits per heavy atom.